The first-order valence-electron chi connectivity index (χ1n) is 5.93. The van der Waals surface area contributed by atoms with Crippen molar-refractivity contribution in [1.29, 1.82) is 0 Å². The first-order chi connectivity index (χ1) is 7.81. The zero-order chi connectivity index (χ0) is 11.8. The Morgan fingerprint density at radius 3 is 2.62 bits per heavy atom. The van der Waals surface area contributed by atoms with E-state index in [1.165, 1.54) is 5.56 Å². The van der Waals surface area contributed by atoms with E-state index in [4.69, 9.17) is 4.74 Å². The highest BCUT2D eigenvalue weighted by Gasteiger charge is 2.01. The Kier molecular flexibility index (Phi) is 5.72. The standard InChI is InChI=1S/C13H22N2O/c1-4-11-10-12(6-7-13(11)16-3)15-9-8-14-5-2/h6-7,10,14-15H,4-5,8-9H2,1-3H3. The molecular formula is C13H22N2O. The number of likely N-dealkylation sites (N-methyl/N-ethyl adjacent to an activating group) is 1. The molecular weight excluding hydrogens is 200 g/mol. The van der Waals surface area contributed by atoms with Crippen molar-refractivity contribution in [3.8, 4) is 5.75 Å². The Morgan fingerprint density at radius 2 is 2.00 bits per heavy atom. The third kappa shape index (κ3) is 3.74. The number of anilines is 1. The van der Waals surface area contributed by atoms with Gasteiger partial charge in [0, 0.05) is 18.8 Å². The average molecular weight is 222 g/mol. The zero-order valence-electron chi connectivity index (χ0n) is 10.5. The van der Waals surface area contributed by atoms with Gasteiger partial charge in [0.1, 0.15) is 5.75 Å². The van der Waals surface area contributed by atoms with E-state index < -0.39 is 0 Å². The number of nitrogens with one attached hydrogen (secondary N) is 2. The number of aryl methyl sites for hydroxylation is 1. The molecule has 0 spiro atoms. The van der Waals surface area contributed by atoms with Crippen molar-refractivity contribution in [2.24, 2.45) is 0 Å². The number of hydrogen-bond donors (Lipinski definition) is 2. The van der Waals surface area contributed by atoms with E-state index in [0.717, 1.165) is 37.5 Å². The Balaban J connectivity index is 2.54. The van der Waals surface area contributed by atoms with Crippen LogP contribution in [0.1, 0.15) is 19.4 Å². The van der Waals surface area contributed by atoms with Gasteiger partial charge in [-0.1, -0.05) is 13.8 Å². The van der Waals surface area contributed by atoms with Crippen molar-refractivity contribution in [2.75, 3.05) is 32.1 Å². The Hall–Kier alpha value is -1.22. The SMILES string of the molecule is CCNCCNc1ccc(OC)c(CC)c1. The van der Waals surface area contributed by atoms with E-state index in [-0.39, 0.29) is 0 Å². The van der Waals surface area contributed by atoms with E-state index in [1.54, 1.807) is 7.11 Å². The number of hydrogen-bond acceptors (Lipinski definition) is 3. The minimum Gasteiger partial charge on any atom is -0.496 e. The molecule has 1 rings (SSSR count). The molecule has 0 fully saturated rings. The van der Waals surface area contributed by atoms with Gasteiger partial charge in [-0.15, -0.1) is 0 Å². The molecule has 0 radical (unpaired) electrons. The molecule has 0 amide bonds. The summed E-state index contributed by atoms with van der Waals surface area (Å²) in [6.45, 7) is 7.21. The van der Waals surface area contributed by atoms with Gasteiger partial charge in [0.25, 0.3) is 0 Å². The van der Waals surface area contributed by atoms with Crippen LogP contribution in [-0.2, 0) is 6.42 Å². The molecule has 0 saturated carbocycles. The Labute approximate surface area is 98.2 Å². The number of methoxy groups -OCH3 is 1. The fraction of sp³-hybridized carbons (Fsp3) is 0.538. The summed E-state index contributed by atoms with van der Waals surface area (Å²) < 4.78 is 5.29. The topological polar surface area (TPSA) is 33.3 Å². The molecule has 3 heteroatoms. The number of rotatable bonds is 7. The second-order valence-electron chi connectivity index (χ2n) is 3.66. The van der Waals surface area contributed by atoms with Gasteiger partial charge in [-0.25, -0.2) is 0 Å². The molecule has 0 atom stereocenters. The molecule has 3 nitrogen and oxygen atoms in total. The summed E-state index contributed by atoms with van der Waals surface area (Å²) in [5, 5.41) is 6.67. The molecule has 0 aliphatic carbocycles. The summed E-state index contributed by atoms with van der Waals surface area (Å²) in [5.41, 5.74) is 2.41. The van der Waals surface area contributed by atoms with Gasteiger partial charge in [-0.2, -0.15) is 0 Å². The molecule has 2 N–H and O–H groups in total. The molecule has 90 valence electrons. The van der Waals surface area contributed by atoms with Gasteiger partial charge in [0.05, 0.1) is 7.11 Å². The Morgan fingerprint density at radius 1 is 1.19 bits per heavy atom. The Bertz CT molecular complexity index is 313. The first kappa shape index (κ1) is 12.8. The van der Waals surface area contributed by atoms with Gasteiger partial charge in [-0.05, 0) is 36.7 Å². The molecule has 0 aliphatic heterocycles. The van der Waals surface area contributed by atoms with E-state index in [9.17, 15) is 0 Å². The van der Waals surface area contributed by atoms with Crippen molar-refractivity contribution in [1.82, 2.24) is 5.32 Å². The molecule has 1 aromatic rings. The lowest BCUT2D eigenvalue weighted by Gasteiger charge is -2.11. The number of benzene rings is 1. The molecule has 0 bridgehead atoms. The van der Waals surface area contributed by atoms with Crippen LogP contribution in [0.2, 0.25) is 0 Å². The second kappa shape index (κ2) is 7.12. The van der Waals surface area contributed by atoms with Crippen LogP contribution < -0.4 is 15.4 Å². The summed E-state index contributed by atoms with van der Waals surface area (Å²) in [6.07, 6.45) is 0.992. The van der Waals surface area contributed by atoms with E-state index in [2.05, 4.69) is 36.6 Å². The van der Waals surface area contributed by atoms with Crippen molar-refractivity contribution in [2.45, 2.75) is 20.3 Å². The smallest absolute Gasteiger partial charge is 0.122 e. The minimum atomic E-state index is 0.948. The maximum atomic E-state index is 5.29. The fourth-order valence-electron chi connectivity index (χ4n) is 1.64. The molecule has 0 saturated heterocycles. The molecule has 1 aromatic carbocycles. The lowest BCUT2D eigenvalue weighted by molar-refractivity contribution is 0.410. The van der Waals surface area contributed by atoms with Crippen LogP contribution in [0.4, 0.5) is 5.69 Å². The van der Waals surface area contributed by atoms with Crippen LogP contribution in [0.5, 0.6) is 5.75 Å². The molecule has 0 heterocycles. The summed E-state index contributed by atoms with van der Waals surface area (Å²) in [7, 11) is 1.72. The molecule has 16 heavy (non-hydrogen) atoms. The molecule has 0 aliphatic rings. The maximum absolute atomic E-state index is 5.29. The average Bonchev–Trinajstić information content (AvgIpc) is 2.34. The van der Waals surface area contributed by atoms with Gasteiger partial charge in [-0.3, -0.25) is 0 Å². The van der Waals surface area contributed by atoms with Crippen molar-refractivity contribution in [3.63, 3.8) is 0 Å². The first-order valence-corrected chi connectivity index (χ1v) is 5.93. The van der Waals surface area contributed by atoms with Crippen LogP contribution in [0.25, 0.3) is 0 Å². The van der Waals surface area contributed by atoms with Crippen molar-refractivity contribution >= 4 is 5.69 Å². The zero-order valence-corrected chi connectivity index (χ0v) is 10.5. The number of ether oxygens (including phenoxy) is 1. The van der Waals surface area contributed by atoms with Gasteiger partial charge < -0.3 is 15.4 Å². The largest absolute Gasteiger partial charge is 0.496 e. The highest BCUT2D eigenvalue weighted by atomic mass is 16.5. The van der Waals surface area contributed by atoms with Crippen LogP contribution in [-0.4, -0.2) is 26.7 Å². The highest BCUT2D eigenvalue weighted by molar-refractivity contribution is 5.51. The van der Waals surface area contributed by atoms with Gasteiger partial charge in [0.15, 0.2) is 0 Å². The third-order valence-electron chi connectivity index (χ3n) is 2.54. The van der Waals surface area contributed by atoms with E-state index >= 15 is 0 Å². The molecule has 0 aromatic heterocycles. The lowest BCUT2D eigenvalue weighted by Crippen LogP contribution is -2.21. The molecule has 0 unspecified atom stereocenters. The highest BCUT2D eigenvalue weighted by Crippen LogP contribution is 2.22. The quantitative estimate of drug-likeness (QED) is 0.694. The van der Waals surface area contributed by atoms with Crippen LogP contribution in [0, 0.1) is 0 Å². The van der Waals surface area contributed by atoms with E-state index in [1.807, 2.05) is 6.07 Å². The maximum Gasteiger partial charge on any atom is 0.122 e. The van der Waals surface area contributed by atoms with E-state index in [0.29, 0.717) is 0 Å². The second-order valence-corrected chi connectivity index (χ2v) is 3.66. The predicted octanol–water partition coefficient (Wildman–Crippen LogP) is 2.28. The van der Waals surface area contributed by atoms with Crippen LogP contribution in [0.15, 0.2) is 18.2 Å². The normalized spacial score (nSPS) is 10.2. The summed E-state index contributed by atoms with van der Waals surface area (Å²) in [5.74, 6) is 0.972. The van der Waals surface area contributed by atoms with Crippen LogP contribution in [0.3, 0.4) is 0 Å². The third-order valence-corrected chi connectivity index (χ3v) is 2.54. The van der Waals surface area contributed by atoms with Crippen LogP contribution >= 0.6 is 0 Å². The van der Waals surface area contributed by atoms with Crippen molar-refractivity contribution in [3.05, 3.63) is 23.8 Å². The van der Waals surface area contributed by atoms with Crippen molar-refractivity contribution < 1.29 is 4.74 Å². The van der Waals surface area contributed by atoms with Gasteiger partial charge in [0.2, 0.25) is 0 Å². The fourth-order valence-corrected chi connectivity index (χ4v) is 1.64. The lowest BCUT2D eigenvalue weighted by atomic mass is 10.1. The minimum absolute atomic E-state index is 0.948. The van der Waals surface area contributed by atoms with Gasteiger partial charge >= 0.3 is 0 Å². The summed E-state index contributed by atoms with van der Waals surface area (Å²) in [6, 6.07) is 6.24. The predicted molar refractivity (Wildman–Crippen MR) is 69.4 cm³/mol. The monoisotopic (exact) mass is 222 g/mol. The summed E-state index contributed by atoms with van der Waals surface area (Å²) in [4.78, 5) is 0. The summed E-state index contributed by atoms with van der Waals surface area (Å²) >= 11 is 0.